The van der Waals surface area contributed by atoms with Gasteiger partial charge in [-0.15, -0.1) is 0 Å². The molecule has 100 valence electrons. The lowest BCUT2D eigenvalue weighted by molar-refractivity contribution is -0.115. The first kappa shape index (κ1) is 12.2. The molecule has 1 amide bonds. The molecule has 0 aliphatic heterocycles. The number of H-pyrrole nitrogens is 1. The van der Waals surface area contributed by atoms with Gasteiger partial charge in [-0.1, -0.05) is 0 Å². The molecule has 0 spiro atoms. The van der Waals surface area contributed by atoms with Crippen LogP contribution in [0.15, 0.2) is 42.9 Å². The van der Waals surface area contributed by atoms with Crippen LogP contribution in [-0.2, 0) is 11.2 Å². The number of aromatic hydroxyl groups is 1. The van der Waals surface area contributed by atoms with Crippen molar-refractivity contribution in [3.05, 3.63) is 48.4 Å². The molecule has 0 aliphatic carbocycles. The van der Waals surface area contributed by atoms with Gasteiger partial charge in [0.15, 0.2) is 11.6 Å². The number of fused-ring (bicyclic) bond motifs is 1. The van der Waals surface area contributed by atoms with Crippen LogP contribution < -0.4 is 5.32 Å². The maximum Gasteiger partial charge on any atom is 0.230 e. The van der Waals surface area contributed by atoms with Crippen molar-refractivity contribution in [2.24, 2.45) is 0 Å². The van der Waals surface area contributed by atoms with Gasteiger partial charge in [-0.2, -0.15) is 0 Å². The number of carbonyl (C=O) groups is 1. The second kappa shape index (κ2) is 5.00. The monoisotopic (exact) mass is 268 g/mol. The quantitative estimate of drug-likeness (QED) is 0.676. The molecule has 3 N–H and O–H groups in total. The Labute approximate surface area is 114 Å². The minimum Gasteiger partial charge on any atom is -0.504 e. The average Bonchev–Trinajstić information content (AvgIpc) is 2.85. The number of nitrogens with one attached hydrogen (secondary N) is 2. The largest absolute Gasteiger partial charge is 0.504 e. The Balaban J connectivity index is 1.78. The van der Waals surface area contributed by atoms with Crippen LogP contribution in [0.3, 0.4) is 0 Å². The normalized spacial score (nSPS) is 10.6. The summed E-state index contributed by atoms with van der Waals surface area (Å²) < 4.78 is 0. The van der Waals surface area contributed by atoms with E-state index in [1.54, 1.807) is 18.5 Å². The lowest BCUT2D eigenvalue weighted by Gasteiger charge is -2.05. The van der Waals surface area contributed by atoms with Gasteiger partial charge in [-0.25, -0.2) is 9.97 Å². The van der Waals surface area contributed by atoms with Gasteiger partial charge in [0, 0.05) is 24.0 Å². The number of hydrogen-bond acceptors (Lipinski definition) is 4. The third kappa shape index (κ3) is 2.31. The molecule has 6 nitrogen and oxygen atoms in total. The van der Waals surface area contributed by atoms with Crippen molar-refractivity contribution in [2.45, 2.75) is 6.42 Å². The van der Waals surface area contributed by atoms with Gasteiger partial charge in [0.25, 0.3) is 0 Å². The standard InChI is InChI=1S/C14H12N4O2/c19-11-4-2-6-16-14(11)18-12(20)7-9-8-17-13-10(9)3-1-5-15-13/h1-6,8,19H,7H2,(H,15,17)(H,16,18,20). The van der Waals surface area contributed by atoms with Crippen LogP contribution >= 0.6 is 0 Å². The summed E-state index contributed by atoms with van der Waals surface area (Å²) in [7, 11) is 0. The third-order valence-corrected chi connectivity index (χ3v) is 2.93. The Morgan fingerprint density at radius 3 is 2.90 bits per heavy atom. The third-order valence-electron chi connectivity index (χ3n) is 2.93. The van der Waals surface area contributed by atoms with Crippen molar-refractivity contribution >= 4 is 22.8 Å². The average molecular weight is 268 g/mol. The topological polar surface area (TPSA) is 90.9 Å². The summed E-state index contributed by atoms with van der Waals surface area (Å²) >= 11 is 0. The number of aromatic nitrogens is 3. The first-order valence-electron chi connectivity index (χ1n) is 6.09. The molecule has 0 bridgehead atoms. The molecule has 0 fully saturated rings. The lowest BCUT2D eigenvalue weighted by Crippen LogP contribution is -2.15. The summed E-state index contributed by atoms with van der Waals surface area (Å²) in [5.41, 5.74) is 1.59. The van der Waals surface area contributed by atoms with E-state index in [0.717, 1.165) is 16.6 Å². The van der Waals surface area contributed by atoms with E-state index in [2.05, 4.69) is 20.3 Å². The smallest absolute Gasteiger partial charge is 0.230 e. The minimum atomic E-state index is -0.247. The number of aromatic amines is 1. The summed E-state index contributed by atoms with van der Waals surface area (Å²) in [5, 5.41) is 13.1. The van der Waals surface area contributed by atoms with E-state index in [1.807, 2.05) is 12.1 Å². The second-order valence-corrected chi connectivity index (χ2v) is 4.31. The molecule has 0 saturated carbocycles. The predicted octanol–water partition coefficient (Wildman–Crippen LogP) is 1.84. The number of amides is 1. The van der Waals surface area contributed by atoms with Gasteiger partial charge in [-0.05, 0) is 29.8 Å². The van der Waals surface area contributed by atoms with Crippen LogP contribution in [0, 0.1) is 0 Å². The van der Waals surface area contributed by atoms with Crippen LogP contribution in [-0.4, -0.2) is 26.0 Å². The molecule has 3 aromatic heterocycles. The van der Waals surface area contributed by atoms with Gasteiger partial charge in [0.2, 0.25) is 5.91 Å². The summed E-state index contributed by atoms with van der Waals surface area (Å²) in [4.78, 5) is 23.1. The van der Waals surface area contributed by atoms with Gasteiger partial charge < -0.3 is 15.4 Å². The van der Waals surface area contributed by atoms with Gasteiger partial charge >= 0.3 is 0 Å². The van der Waals surface area contributed by atoms with E-state index in [4.69, 9.17) is 0 Å². The molecule has 6 heteroatoms. The van der Waals surface area contributed by atoms with E-state index < -0.39 is 0 Å². The molecule has 20 heavy (non-hydrogen) atoms. The molecule has 3 aromatic rings. The Hall–Kier alpha value is -2.89. The first-order chi connectivity index (χ1) is 9.74. The van der Waals surface area contributed by atoms with E-state index >= 15 is 0 Å². The molecule has 3 rings (SSSR count). The van der Waals surface area contributed by atoms with Crippen molar-refractivity contribution in [2.75, 3.05) is 5.32 Å². The van der Waals surface area contributed by atoms with Gasteiger partial charge in [-0.3, -0.25) is 4.79 Å². The number of nitrogens with zero attached hydrogens (tertiary/aromatic N) is 2. The fraction of sp³-hybridized carbons (Fsp3) is 0.0714. The van der Waals surface area contributed by atoms with Crippen LogP contribution in [0.2, 0.25) is 0 Å². The molecule has 0 aromatic carbocycles. The van der Waals surface area contributed by atoms with Crippen LogP contribution in [0.5, 0.6) is 5.75 Å². The van der Waals surface area contributed by atoms with Gasteiger partial charge in [0.1, 0.15) is 5.65 Å². The number of pyridine rings is 2. The molecule has 3 heterocycles. The fourth-order valence-corrected chi connectivity index (χ4v) is 2.00. The Kier molecular flexibility index (Phi) is 3.04. The van der Waals surface area contributed by atoms with Crippen molar-refractivity contribution in [3.8, 4) is 5.75 Å². The summed E-state index contributed by atoms with van der Waals surface area (Å²) in [6.07, 6.45) is 5.14. The van der Waals surface area contributed by atoms with E-state index in [9.17, 15) is 9.90 Å². The Morgan fingerprint density at radius 1 is 1.25 bits per heavy atom. The predicted molar refractivity (Wildman–Crippen MR) is 74.3 cm³/mol. The summed E-state index contributed by atoms with van der Waals surface area (Å²) in [6.45, 7) is 0. The number of anilines is 1. The van der Waals surface area contributed by atoms with Crippen molar-refractivity contribution in [1.82, 2.24) is 15.0 Å². The zero-order valence-corrected chi connectivity index (χ0v) is 10.5. The highest BCUT2D eigenvalue weighted by molar-refractivity contribution is 5.95. The van der Waals surface area contributed by atoms with Crippen LogP contribution in [0.4, 0.5) is 5.82 Å². The molecular weight excluding hydrogens is 256 g/mol. The van der Waals surface area contributed by atoms with E-state index in [0.29, 0.717) is 0 Å². The first-order valence-corrected chi connectivity index (χ1v) is 6.09. The minimum absolute atomic E-state index is 0.0542. The number of hydrogen-bond donors (Lipinski definition) is 3. The van der Waals surface area contributed by atoms with E-state index in [-0.39, 0.29) is 23.9 Å². The van der Waals surface area contributed by atoms with Gasteiger partial charge in [0.05, 0.1) is 6.42 Å². The molecule has 0 atom stereocenters. The maximum atomic E-state index is 12.0. The van der Waals surface area contributed by atoms with Crippen LogP contribution in [0.25, 0.3) is 11.0 Å². The molecule has 0 unspecified atom stereocenters. The fourth-order valence-electron chi connectivity index (χ4n) is 2.00. The number of carbonyl (C=O) groups excluding carboxylic acids is 1. The zero-order valence-electron chi connectivity index (χ0n) is 10.5. The molecule has 0 aliphatic rings. The zero-order chi connectivity index (χ0) is 13.9. The highest BCUT2D eigenvalue weighted by Crippen LogP contribution is 2.20. The molecule has 0 radical (unpaired) electrons. The molecular formula is C14H12N4O2. The Morgan fingerprint density at radius 2 is 2.05 bits per heavy atom. The lowest BCUT2D eigenvalue weighted by atomic mass is 10.1. The SMILES string of the molecule is O=C(Cc1c[nH]c2ncccc12)Nc1ncccc1O. The number of rotatable bonds is 3. The molecule has 0 saturated heterocycles. The van der Waals surface area contributed by atoms with E-state index in [1.165, 1.54) is 12.3 Å². The highest BCUT2D eigenvalue weighted by Gasteiger charge is 2.11. The maximum absolute atomic E-state index is 12.0. The van der Waals surface area contributed by atoms with Crippen molar-refractivity contribution in [3.63, 3.8) is 0 Å². The second-order valence-electron chi connectivity index (χ2n) is 4.31. The van der Waals surface area contributed by atoms with Crippen molar-refractivity contribution < 1.29 is 9.90 Å². The summed E-state index contributed by atoms with van der Waals surface area (Å²) in [5.74, 6) is -0.138. The summed E-state index contributed by atoms with van der Waals surface area (Å²) in [6, 6.07) is 6.79. The van der Waals surface area contributed by atoms with Crippen LogP contribution in [0.1, 0.15) is 5.56 Å². The highest BCUT2D eigenvalue weighted by atomic mass is 16.3. The van der Waals surface area contributed by atoms with Crippen molar-refractivity contribution in [1.29, 1.82) is 0 Å². The Bertz CT molecular complexity index is 766.